The molecule has 2 heterocycles. The number of aliphatic hydroxyl groups is 1. The van der Waals surface area contributed by atoms with Crippen LogP contribution in [0.5, 0.6) is 0 Å². The zero-order valence-corrected chi connectivity index (χ0v) is 11.3. The number of pyridine rings is 1. The Hall–Kier alpha value is -2.66. The molecular formula is C16H15N3O2. The first-order valence-electron chi connectivity index (χ1n) is 6.66. The van der Waals surface area contributed by atoms with E-state index in [-0.39, 0.29) is 12.5 Å². The first-order chi connectivity index (χ1) is 10.3. The van der Waals surface area contributed by atoms with Crippen molar-refractivity contribution in [2.75, 3.05) is 6.61 Å². The summed E-state index contributed by atoms with van der Waals surface area (Å²) in [6.45, 7) is -0.148. The first kappa shape index (κ1) is 13.3. The van der Waals surface area contributed by atoms with Crippen LogP contribution in [0, 0.1) is 0 Å². The van der Waals surface area contributed by atoms with Gasteiger partial charge in [0.25, 0.3) is 5.91 Å². The van der Waals surface area contributed by atoms with Gasteiger partial charge < -0.3 is 14.8 Å². The van der Waals surface area contributed by atoms with Gasteiger partial charge in [-0.25, -0.2) is 4.98 Å². The monoisotopic (exact) mass is 281 g/mol. The number of hydrogen-bond donors (Lipinski definition) is 2. The highest BCUT2D eigenvalue weighted by Crippen LogP contribution is 2.13. The average Bonchev–Trinajstić information content (AvgIpc) is 3.00. The van der Waals surface area contributed by atoms with Gasteiger partial charge in [0.15, 0.2) is 0 Å². The minimum absolute atomic E-state index is 0.148. The lowest BCUT2D eigenvalue weighted by atomic mass is 10.1. The average molecular weight is 281 g/mol. The van der Waals surface area contributed by atoms with Crippen molar-refractivity contribution in [3.63, 3.8) is 0 Å². The third-order valence-corrected chi connectivity index (χ3v) is 3.37. The Morgan fingerprint density at radius 2 is 2.10 bits per heavy atom. The number of nitrogens with zero attached hydrogens (tertiary/aromatic N) is 2. The first-order valence-corrected chi connectivity index (χ1v) is 6.66. The lowest BCUT2D eigenvalue weighted by Crippen LogP contribution is -2.30. The maximum atomic E-state index is 12.3. The minimum Gasteiger partial charge on any atom is -0.394 e. The summed E-state index contributed by atoms with van der Waals surface area (Å²) in [5.41, 5.74) is 2.26. The number of carbonyl (C=O) groups is 1. The second-order valence-electron chi connectivity index (χ2n) is 4.76. The van der Waals surface area contributed by atoms with E-state index in [2.05, 4.69) is 10.3 Å². The van der Waals surface area contributed by atoms with Crippen LogP contribution in [0.3, 0.4) is 0 Å². The number of aliphatic hydroxyl groups excluding tert-OH is 1. The molecule has 1 atom stereocenters. The van der Waals surface area contributed by atoms with Crippen molar-refractivity contribution in [1.29, 1.82) is 0 Å². The molecule has 0 saturated carbocycles. The summed E-state index contributed by atoms with van der Waals surface area (Å²) in [7, 11) is 0. The fraction of sp³-hybridized carbons (Fsp3) is 0.125. The second-order valence-corrected chi connectivity index (χ2v) is 4.76. The number of nitrogens with one attached hydrogen (secondary N) is 1. The highest BCUT2D eigenvalue weighted by Gasteiger charge is 2.15. The van der Waals surface area contributed by atoms with Gasteiger partial charge in [0.1, 0.15) is 0 Å². The summed E-state index contributed by atoms with van der Waals surface area (Å²) >= 11 is 0. The SMILES string of the molecule is O=C(NC(CO)c1ccccc1)c1ccn2cncc2c1. The quantitative estimate of drug-likeness (QED) is 0.766. The standard InChI is InChI=1S/C16H15N3O2/c20-10-15(12-4-2-1-3-5-12)18-16(21)13-6-7-19-11-17-9-14(19)8-13/h1-9,11,15,20H,10H2,(H,18,21). The summed E-state index contributed by atoms with van der Waals surface area (Å²) in [6.07, 6.45) is 5.16. The maximum absolute atomic E-state index is 12.3. The Morgan fingerprint density at radius 3 is 2.86 bits per heavy atom. The molecule has 0 radical (unpaired) electrons. The van der Waals surface area contributed by atoms with Crippen molar-refractivity contribution in [3.8, 4) is 0 Å². The number of amides is 1. The predicted molar refractivity (Wildman–Crippen MR) is 78.9 cm³/mol. The molecule has 0 aliphatic heterocycles. The van der Waals surface area contributed by atoms with Crippen molar-refractivity contribution in [3.05, 3.63) is 72.3 Å². The molecule has 1 aromatic carbocycles. The minimum atomic E-state index is -0.417. The van der Waals surface area contributed by atoms with Crippen LogP contribution in [-0.4, -0.2) is 27.0 Å². The third-order valence-electron chi connectivity index (χ3n) is 3.37. The molecule has 3 aromatic rings. The molecule has 1 unspecified atom stereocenters. The topological polar surface area (TPSA) is 66.6 Å². The van der Waals surface area contributed by atoms with Crippen LogP contribution in [0.25, 0.3) is 5.52 Å². The van der Waals surface area contributed by atoms with E-state index in [0.29, 0.717) is 5.56 Å². The Balaban J connectivity index is 1.81. The molecule has 5 heteroatoms. The van der Waals surface area contributed by atoms with E-state index in [4.69, 9.17) is 0 Å². The Kier molecular flexibility index (Phi) is 3.66. The number of rotatable bonds is 4. The number of fused-ring (bicyclic) bond motifs is 1. The zero-order chi connectivity index (χ0) is 14.7. The van der Waals surface area contributed by atoms with Crippen LogP contribution in [-0.2, 0) is 0 Å². The van der Waals surface area contributed by atoms with E-state index in [1.165, 1.54) is 0 Å². The Bertz CT molecular complexity index is 752. The number of hydrogen-bond acceptors (Lipinski definition) is 3. The van der Waals surface area contributed by atoms with Gasteiger partial charge in [0.05, 0.1) is 30.7 Å². The van der Waals surface area contributed by atoms with Crippen molar-refractivity contribution in [2.45, 2.75) is 6.04 Å². The van der Waals surface area contributed by atoms with Crippen molar-refractivity contribution < 1.29 is 9.90 Å². The lowest BCUT2D eigenvalue weighted by molar-refractivity contribution is 0.0916. The van der Waals surface area contributed by atoms with Gasteiger partial charge in [-0.15, -0.1) is 0 Å². The fourth-order valence-corrected chi connectivity index (χ4v) is 2.22. The summed E-state index contributed by atoms with van der Waals surface area (Å²) in [5, 5.41) is 12.3. The van der Waals surface area contributed by atoms with Crippen molar-refractivity contribution >= 4 is 11.4 Å². The molecule has 0 bridgehead atoms. The van der Waals surface area contributed by atoms with Crippen molar-refractivity contribution in [1.82, 2.24) is 14.7 Å². The van der Waals surface area contributed by atoms with Gasteiger partial charge in [-0.1, -0.05) is 30.3 Å². The van der Waals surface area contributed by atoms with Crippen LogP contribution >= 0.6 is 0 Å². The summed E-state index contributed by atoms with van der Waals surface area (Å²) < 4.78 is 1.83. The van der Waals surface area contributed by atoms with Crippen LogP contribution in [0.1, 0.15) is 22.0 Å². The molecule has 0 aliphatic rings. The maximum Gasteiger partial charge on any atom is 0.251 e. The van der Waals surface area contributed by atoms with Crippen LogP contribution < -0.4 is 5.32 Å². The lowest BCUT2D eigenvalue weighted by Gasteiger charge is -2.16. The van der Waals surface area contributed by atoms with E-state index >= 15 is 0 Å². The number of carbonyl (C=O) groups excluding carboxylic acids is 1. The van der Waals surface area contributed by atoms with E-state index < -0.39 is 6.04 Å². The van der Waals surface area contributed by atoms with Gasteiger partial charge in [-0.3, -0.25) is 4.79 Å². The van der Waals surface area contributed by atoms with E-state index in [0.717, 1.165) is 11.1 Å². The molecule has 2 N–H and O–H groups in total. The van der Waals surface area contributed by atoms with Crippen LogP contribution in [0.15, 0.2) is 61.2 Å². The Morgan fingerprint density at radius 1 is 1.29 bits per heavy atom. The van der Waals surface area contributed by atoms with Crippen LogP contribution in [0.2, 0.25) is 0 Å². The second kappa shape index (κ2) is 5.76. The normalized spacial score (nSPS) is 12.2. The predicted octanol–water partition coefficient (Wildman–Crippen LogP) is 1.80. The highest BCUT2D eigenvalue weighted by atomic mass is 16.3. The molecule has 106 valence electrons. The molecule has 0 spiro atoms. The smallest absolute Gasteiger partial charge is 0.251 e. The third kappa shape index (κ3) is 2.78. The van der Waals surface area contributed by atoms with Gasteiger partial charge in [-0.05, 0) is 17.7 Å². The molecule has 1 amide bonds. The molecule has 2 aromatic heterocycles. The fourth-order valence-electron chi connectivity index (χ4n) is 2.22. The summed E-state index contributed by atoms with van der Waals surface area (Å²) in [6, 6.07) is 12.5. The molecule has 0 aliphatic carbocycles. The molecule has 3 rings (SSSR count). The Labute approximate surface area is 121 Å². The van der Waals surface area contributed by atoms with Crippen molar-refractivity contribution in [2.24, 2.45) is 0 Å². The molecule has 0 saturated heterocycles. The highest BCUT2D eigenvalue weighted by molar-refractivity contribution is 5.95. The molecule has 5 nitrogen and oxygen atoms in total. The summed E-state index contributed by atoms with van der Waals surface area (Å²) in [5.74, 6) is -0.221. The number of aromatic nitrogens is 2. The number of benzene rings is 1. The largest absolute Gasteiger partial charge is 0.394 e. The number of imidazole rings is 1. The zero-order valence-electron chi connectivity index (χ0n) is 11.3. The summed E-state index contributed by atoms with van der Waals surface area (Å²) in [4.78, 5) is 16.3. The van der Waals surface area contributed by atoms with E-state index in [1.807, 2.05) is 34.7 Å². The van der Waals surface area contributed by atoms with Gasteiger partial charge in [0, 0.05) is 11.8 Å². The van der Waals surface area contributed by atoms with Gasteiger partial charge >= 0.3 is 0 Å². The van der Waals surface area contributed by atoms with E-state index in [1.54, 1.807) is 30.9 Å². The van der Waals surface area contributed by atoms with Crippen LogP contribution in [0.4, 0.5) is 0 Å². The molecule has 21 heavy (non-hydrogen) atoms. The van der Waals surface area contributed by atoms with E-state index in [9.17, 15) is 9.90 Å². The molecular weight excluding hydrogens is 266 g/mol. The van der Waals surface area contributed by atoms with Gasteiger partial charge in [0.2, 0.25) is 0 Å². The van der Waals surface area contributed by atoms with Gasteiger partial charge in [-0.2, -0.15) is 0 Å². The molecule has 0 fully saturated rings.